The maximum Gasteiger partial charge on any atom is 0.0720 e. The summed E-state index contributed by atoms with van der Waals surface area (Å²) in [6, 6.07) is 1.92. The van der Waals surface area contributed by atoms with Crippen LogP contribution in [0.5, 0.6) is 0 Å². The zero-order valence-electron chi connectivity index (χ0n) is 11.7. The topological polar surface area (TPSA) is 42.7 Å². The predicted molar refractivity (Wildman–Crippen MR) is 78.7 cm³/mol. The van der Waals surface area contributed by atoms with Gasteiger partial charge in [0.25, 0.3) is 0 Å². The van der Waals surface area contributed by atoms with Crippen molar-refractivity contribution in [2.45, 2.75) is 40.3 Å². The van der Waals surface area contributed by atoms with Crippen molar-refractivity contribution in [3.8, 4) is 0 Å². The first-order chi connectivity index (χ1) is 9.04. The summed E-state index contributed by atoms with van der Waals surface area (Å²) in [6.07, 6.45) is 3.43. The number of aromatic nitrogens is 3. The van der Waals surface area contributed by atoms with Crippen LogP contribution in [-0.2, 0) is 6.54 Å². The van der Waals surface area contributed by atoms with E-state index in [1.54, 1.807) is 18.5 Å². The first-order valence-electron chi connectivity index (χ1n) is 6.44. The highest BCUT2D eigenvalue weighted by molar-refractivity contribution is 6.33. The predicted octanol–water partition coefficient (Wildman–Crippen LogP) is 3.74. The standard InChI is InChI=1S/C14H19ClN4/c1-5-19-11(4)14(10(3)18-19)9(2)17-13-8-16-7-6-12(13)15/h6-9,17H,5H2,1-4H3. The van der Waals surface area contributed by atoms with Crippen molar-refractivity contribution < 1.29 is 0 Å². The van der Waals surface area contributed by atoms with E-state index in [4.69, 9.17) is 11.6 Å². The summed E-state index contributed by atoms with van der Waals surface area (Å²) in [5, 5.41) is 8.62. The van der Waals surface area contributed by atoms with Gasteiger partial charge in [0.05, 0.1) is 28.6 Å². The Labute approximate surface area is 118 Å². The molecule has 0 fully saturated rings. The number of halogens is 1. The lowest BCUT2D eigenvalue weighted by atomic mass is 10.1. The number of rotatable bonds is 4. The van der Waals surface area contributed by atoms with Gasteiger partial charge in [-0.1, -0.05) is 11.6 Å². The zero-order valence-corrected chi connectivity index (χ0v) is 12.5. The highest BCUT2D eigenvalue weighted by atomic mass is 35.5. The Morgan fingerprint density at radius 2 is 2.16 bits per heavy atom. The van der Waals surface area contributed by atoms with Crippen molar-refractivity contribution in [3.63, 3.8) is 0 Å². The van der Waals surface area contributed by atoms with Gasteiger partial charge in [-0.15, -0.1) is 0 Å². The van der Waals surface area contributed by atoms with E-state index in [1.165, 1.54) is 11.3 Å². The van der Waals surface area contributed by atoms with Gasteiger partial charge in [-0.2, -0.15) is 5.10 Å². The van der Waals surface area contributed by atoms with Crippen LogP contribution in [0.15, 0.2) is 18.5 Å². The number of nitrogens with zero attached hydrogens (tertiary/aromatic N) is 3. The van der Waals surface area contributed by atoms with Crippen LogP contribution in [0.4, 0.5) is 5.69 Å². The summed E-state index contributed by atoms with van der Waals surface area (Å²) in [7, 11) is 0. The van der Waals surface area contributed by atoms with E-state index in [0.29, 0.717) is 5.02 Å². The monoisotopic (exact) mass is 278 g/mol. The Morgan fingerprint density at radius 3 is 2.74 bits per heavy atom. The number of aryl methyl sites for hydroxylation is 2. The molecular weight excluding hydrogens is 260 g/mol. The average Bonchev–Trinajstić information content (AvgIpc) is 2.67. The normalized spacial score (nSPS) is 12.5. The van der Waals surface area contributed by atoms with E-state index >= 15 is 0 Å². The van der Waals surface area contributed by atoms with E-state index in [-0.39, 0.29) is 6.04 Å². The molecule has 0 aromatic carbocycles. The van der Waals surface area contributed by atoms with Gasteiger partial charge in [-0.3, -0.25) is 9.67 Å². The van der Waals surface area contributed by atoms with E-state index in [1.807, 2.05) is 11.6 Å². The second-order valence-electron chi connectivity index (χ2n) is 4.62. The average molecular weight is 279 g/mol. The molecule has 0 aliphatic rings. The van der Waals surface area contributed by atoms with Gasteiger partial charge in [0.2, 0.25) is 0 Å². The van der Waals surface area contributed by atoms with E-state index in [2.05, 4.69) is 36.2 Å². The SMILES string of the molecule is CCn1nc(C)c(C(C)Nc2cnccc2Cl)c1C. The molecule has 2 heterocycles. The first kappa shape index (κ1) is 13.9. The molecule has 0 radical (unpaired) electrons. The number of pyridine rings is 1. The maximum absolute atomic E-state index is 6.14. The van der Waals surface area contributed by atoms with Gasteiger partial charge in [-0.05, 0) is 33.8 Å². The van der Waals surface area contributed by atoms with Crippen LogP contribution in [0.25, 0.3) is 0 Å². The minimum atomic E-state index is 0.141. The van der Waals surface area contributed by atoms with Crippen molar-refractivity contribution in [2.24, 2.45) is 0 Å². The third kappa shape index (κ3) is 2.73. The third-order valence-corrected chi connectivity index (χ3v) is 3.64. The van der Waals surface area contributed by atoms with Gasteiger partial charge in [0.15, 0.2) is 0 Å². The molecule has 4 nitrogen and oxygen atoms in total. The van der Waals surface area contributed by atoms with Gasteiger partial charge in [-0.25, -0.2) is 0 Å². The minimum absolute atomic E-state index is 0.141. The van der Waals surface area contributed by atoms with Crippen LogP contribution >= 0.6 is 11.6 Å². The van der Waals surface area contributed by atoms with Crippen LogP contribution in [0.3, 0.4) is 0 Å². The van der Waals surface area contributed by atoms with E-state index in [0.717, 1.165) is 17.9 Å². The van der Waals surface area contributed by atoms with Crippen molar-refractivity contribution in [2.75, 3.05) is 5.32 Å². The van der Waals surface area contributed by atoms with Gasteiger partial charge in [0, 0.05) is 24.0 Å². The summed E-state index contributed by atoms with van der Waals surface area (Å²) in [5.41, 5.74) is 4.32. The van der Waals surface area contributed by atoms with Crippen molar-refractivity contribution in [1.29, 1.82) is 0 Å². The molecule has 2 aromatic heterocycles. The molecule has 2 rings (SSSR count). The summed E-state index contributed by atoms with van der Waals surface area (Å²) >= 11 is 6.14. The van der Waals surface area contributed by atoms with E-state index in [9.17, 15) is 0 Å². The lowest BCUT2D eigenvalue weighted by Gasteiger charge is -2.16. The zero-order chi connectivity index (χ0) is 14.0. The lowest BCUT2D eigenvalue weighted by molar-refractivity contribution is 0.632. The van der Waals surface area contributed by atoms with Crippen LogP contribution in [-0.4, -0.2) is 14.8 Å². The van der Waals surface area contributed by atoms with Gasteiger partial charge >= 0.3 is 0 Å². The Morgan fingerprint density at radius 1 is 1.42 bits per heavy atom. The smallest absolute Gasteiger partial charge is 0.0720 e. The quantitative estimate of drug-likeness (QED) is 0.926. The van der Waals surface area contributed by atoms with Crippen LogP contribution in [0.1, 0.15) is 36.8 Å². The number of nitrogens with one attached hydrogen (secondary N) is 1. The number of hydrogen-bond acceptors (Lipinski definition) is 3. The fraction of sp³-hybridized carbons (Fsp3) is 0.429. The number of anilines is 1. The molecule has 19 heavy (non-hydrogen) atoms. The summed E-state index contributed by atoms with van der Waals surface area (Å²) < 4.78 is 2.02. The van der Waals surface area contributed by atoms with Gasteiger partial charge in [0.1, 0.15) is 0 Å². The molecule has 1 atom stereocenters. The second kappa shape index (κ2) is 5.61. The molecular formula is C14H19ClN4. The van der Waals surface area contributed by atoms with Crippen LogP contribution < -0.4 is 5.32 Å². The Bertz CT molecular complexity index is 577. The molecule has 102 valence electrons. The molecule has 0 amide bonds. The largest absolute Gasteiger partial charge is 0.376 e. The van der Waals surface area contributed by atoms with Crippen molar-refractivity contribution in [3.05, 3.63) is 40.4 Å². The molecule has 0 saturated heterocycles. The maximum atomic E-state index is 6.14. The fourth-order valence-corrected chi connectivity index (χ4v) is 2.59. The third-order valence-electron chi connectivity index (χ3n) is 3.31. The second-order valence-corrected chi connectivity index (χ2v) is 5.03. The molecule has 1 unspecified atom stereocenters. The molecule has 0 spiro atoms. The first-order valence-corrected chi connectivity index (χ1v) is 6.82. The molecule has 2 aromatic rings. The summed E-state index contributed by atoms with van der Waals surface area (Å²) in [6.45, 7) is 9.23. The van der Waals surface area contributed by atoms with E-state index < -0.39 is 0 Å². The number of hydrogen-bond donors (Lipinski definition) is 1. The molecule has 5 heteroatoms. The Hall–Kier alpha value is -1.55. The highest BCUT2D eigenvalue weighted by Crippen LogP contribution is 2.28. The fourth-order valence-electron chi connectivity index (χ4n) is 2.43. The molecule has 0 bridgehead atoms. The molecule has 0 saturated carbocycles. The highest BCUT2D eigenvalue weighted by Gasteiger charge is 2.17. The molecule has 0 aliphatic heterocycles. The summed E-state index contributed by atoms with van der Waals surface area (Å²) in [5.74, 6) is 0. The van der Waals surface area contributed by atoms with Crippen molar-refractivity contribution >= 4 is 17.3 Å². The summed E-state index contributed by atoms with van der Waals surface area (Å²) in [4.78, 5) is 4.09. The minimum Gasteiger partial charge on any atom is -0.376 e. The van der Waals surface area contributed by atoms with Crippen molar-refractivity contribution in [1.82, 2.24) is 14.8 Å². The Kier molecular flexibility index (Phi) is 4.10. The van der Waals surface area contributed by atoms with Crippen LogP contribution in [0.2, 0.25) is 5.02 Å². The lowest BCUT2D eigenvalue weighted by Crippen LogP contribution is -2.09. The van der Waals surface area contributed by atoms with Gasteiger partial charge < -0.3 is 5.32 Å². The molecule has 1 N–H and O–H groups in total. The molecule has 0 aliphatic carbocycles. The Balaban J connectivity index is 2.28. The van der Waals surface area contributed by atoms with Crippen LogP contribution in [0, 0.1) is 13.8 Å².